The Morgan fingerprint density at radius 2 is 2.17 bits per heavy atom. The number of carboxylic acid groups (broad SMARTS) is 1. The maximum Gasteiger partial charge on any atom is 0.303 e. The van der Waals surface area contributed by atoms with Crippen molar-refractivity contribution in [1.82, 2.24) is 4.98 Å². The number of carbonyl (C=O) groups is 1. The van der Waals surface area contributed by atoms with E-state index in [-0.39, 0.29) is 6.42 Å². The maximum absolute atomic E-state index is 10.7. The first-order chi connectivity index (χ1) is 8.56. The first kappa shape index (κ1) is 12.8. The average molecular weight is 261 g/mol. The van der Waals surface area contributed by atoms with E-state index < -0.39 is 5.97 Å². The lowest BCUT2D eigenvalue weighted by Gasteiger charge is -2.02. The molecule has 2 aromatic rings. The second-order valence-electron chi connectivity index (χ2n) is 4.27. The molecule has 0 amide bonds. The van der Waals surface area contributed by atoms with Crippen LogP contribution in [-0.4, -0.2) is 16.1 Å². The van der Waals surface area contributed by atoms with Gasteiger partial charge in [0.2, 0.25) is 0 Å². The molecular weight excluding hydrogens is 246 g/mol. The highest BCUT2D eigenvalue weighted by atomic mass is 32.1. The predicted molar refractivity (Wildman–Crippen MR) is 73.0 cm³/mol. The summed E-state index contributed by atoms with van der Waals surface area (Å²) in [5, 5.41) is 9.74. The van der Waals surface area contributed by atoms with Crippen LogP contribution < -0.4 is 0 Å². The van der Waals surface area contributed by atoms with Gasteiger partial charge in [-0.2, -0.15) is 0 Å². The number of hydrogen-bond acceptors (Lipinski definition) is 3. The van der Waals surface area contributed by atoms with Crippen LogP contribution in [0.5, 0.6) is 0 Å². The summed E-state index contributed by atoms with van der Waals surface area (Å²) in [4.78, 5) is 16.2. The number of benzene rings is 1. The zero-order chi connectivity index (χ0) is 13.1. The Morgan fingerprint density at radius 1 is 1.39 bits per heavy atom. The molecule has 0 fully saturated rings. The molecule has 18 heavy (non-hydrogen) atoms. The third-order valence-electron chi connectivity index (χ3n) is 2.66. The van der Waals surface area contributed by atoms with Crippen LogP contribution in [0.2, 0.25) is 0 Å². The minimum Gasteiger partial charge on any atom is -0.481 e. The summed E-state index contributed by atoms with van der Waals surface area (Å²) in [5.74, 6) is -0.782. The Kier molecular flexibility index (Phi) is 3.77. The van der Waals surface area contributed by atoms with Crippen molar-refractivity contribution in [3.8, 4) is 10.4 Å². The first-order valence-corrected chi connectivity index (χ1v) is 6.63. The summed E-state index contributed by atoms with van der Waals surface area (Å²) < 4.78 is 0. The Bertz CT molecular complexity index is 575. The fraction of sp³-hybridized carbons (Fsp3) is 0.286. The number of carboxylic acids is 1. The normalized spacial score (nSPS) is 10.6. The van der Waals surface area contributed by atoms with Gasteiger partial charge in [0.1, 0.15) is 0 Å². The number of hydrogen-bond donors (Lipinski definition) is 1. The van der Waals surface area contributed by atoms with E-state index in [1.54, 1.807) is 11.3 Å². The van der Waals surface area contributed by atoms with Crippen LogP contribution in [0, 0.1) is 13.8 Å². The number of aromatic nitrogens is 1. The highest BCUT2D eigenvalue weighted by molar-refractivity contribution is 7.15. The van der Waals surface area contributed by atoms with Crippen molar-refractivity contribution in [2.45, 2.75) is 26.7 Å². The molecule has 4 heteroatoms. The van der Waals surface area contributed by atoms with Crippen LogP contribution in [0.4, 0.5) is 0 Å². The molecule has 0 aliphatic rings. The molecule has 0 spiro atoms. The van der Waals surface area contributed by atoms with Crippen molar-refractivity contribution >= 4 is 17.3 Å². The fourth-order valence-electron chi connectivity index (χ4n) is 1.88. The number of nitrogens with zero attached hydrogens (tertiary/aromatic N) is 1. The maximum atomic E-state index is 10.7. The van der Waals surface area contributed by atoms with Crippen molar-refractivity contribution in [3.05, 3.63) is 40.5 Å². The summed E-state index contributed by atoms with van der Waals surface area (Å²) in [6.45, 7) is 4.00. The third kappa shape index (κ3) is 2.96. The van der Waals surface area contributed by atoms with Crippen LogP contribution in [0.3, 0.4) is 0 Å². The van der Waals surface area contributed by atoms with Gasteiger partial charge in [-0.3, -0.25) is 4.79 Å². The van der Waals surface area contributed by atoms with Crippen molar-refractivity contribution in [3.63, 3.8) is 0 Å². The van der Waals surface area contributed by atoms with Gasteiger partial charge in [0.05, 0.1) is 22.0 Å². The molecule has 0 unspecified atom stereocenters. The minimum absolute atomic E-state index is 0.127. The lowest BCUT2D eigenvalue weighted by molar-refractivity contribution is -0.136. The molecular formula is C14H15NO2S. The van der Waals surface area contributed by atoms with Crippen molar-refractivity contribution in [2.75, 3.05) is 0 Å². The van der Waals surface area contributed by atoms with E-state index in [4.69, 9.17) is 5.11 Å². The van der Waals surface area contributed by atoms with Crippen LogP contribution in [0.1, 0.15) is 22.7 Å². The predicted octanol–water partition coefficient (Wildman–Crippen LogP) is 3.44. The first-order valence-electron chi connectivity index (χ1n) is 5.81. The fourth-order valence-corrected chi connectivity index (χ4v) is 2.84. The topological polar surface area (TPSA) is 50.2 Å². The minimum atomic E-state index is -0.782. The molecule has 1 heterocycles. The molecule has 1 aromatic carbocycles. The average Bonchev–Trinajstić information content (AvgIpc) is 2.68. The van der Waals surface area contributed by atoms with Crippen molar-refractivity contribution < 1.29 is 9.90 Å². The molecule has 1 aromatic heterocycles. The summed E-state index contributed by atoms with van der Waals surface area (Å²) in [6, 6.07) is 8.22. The zero-order valence-electron chi connectivity index (χ0n) is 10.4. The van der Waals surface area contributed by atoms with E-state index in [0.717, 1.165) is 21.1 Å². The van der Waals surface area contributed by atoms with Gasteiger partial charge in [0.15, 0.2) is 0 Å². The van der Waals surface area contributed by atoms with Gasteiger partial charge in [-0.1, -0.05) is 29.8 Å². The SMILES string of the molecule is Cc1cccc(-c2sc(C)nc2CCC(=O)O)c1. The number of thiazole rings is 1. The van der Waals surface area contributed by atoms with E-state index in [0.29, 0.717) is 6.42 Å². The highest BCUT2D eigenvalue weighted by Crippen LogP contribution is 2.31. The van der Waals surface area contributed by atoms with Gasteiger partial charge >= 0.3 is 5.97 Å². The molecule has 0 atom stereocenters. The summed E-state index contributed by atoms with van der Waals surface area (Å²) in [7, 11) is 0. The van der Waals surface area contributed by atoms with E-state index in [9.17, 15) is 4.79 Å². The molecule has 3 nitrogen and oxygen atoms in total. The van der Waals surface area contributed by atoms with Crippen molar-refractivity contribution in [1.29, 1.82) is 0 Å². The molecule has 0 aliphatic carbocycles. The van der Waals surface area contributed by atoms with E-state index in [1.165, 1.54) is 5.56 Å². The van der Waals surface area contributed by atoms with Gasteiger partial charge < -0.3 is 5.11 Å². The quantitative estimate of drug-likeness (QED) is 0.917. The molecule has 1 N–H and O–H groups in total. The second kappa shape index (κ2) is 5.31. The Hall–Kier alpha value is -1.68. The van der Waals surface area contributed by atoms with E-state index in [2.05, 4.69) is 11.1 Å². The summed E-state index contributed by atoms with van der Waals surface area (Å²) in [5.41, 5.74) is 3.22. The molecule has 0 saturated heterocycles. The second-order valence-corrected chi connectivity index (χ2v) is 5.48. The third-order valence-corrected chi connectivity index (χ3v) is 3.72. The summed E-state index contributed by atoms with van der Waals surface area (Å²) in [6.07, 6.45) is 0.616. The van der Waals surface area contributed by atoms with Gasteiger partial charge in [0, 0.05) is 6.42 Å². The van der Waals surface area contributed by atoms with E-state index in [1.807, 2.05) is 32.0 Å². The van der Waals surface area contributed by atoms with E-state index >= 15 is 0 Å². The number of rotatable bonds is 4. The lowest BCUT2D eigenvalue weighted by Crippen LogP contribution is -1.98. The monoisotopic (exact) mass is 261 g/mol. The molecule has 0 bridgehead atoms. The lowest BCUT2D eigenvalue weighted by atomic mass is 10.1. The Morgan fingerprint density at radius 3 is 2.83 bits per heavy atom. The van der Waals surface area contributed by atoms with Crippen molar-refractivity contribution in [2.24, 2.45) is 0 Å². The number of aryl methyl sites for hydroxylation is 3. The number of aliphatic carboxylic acids is 1. The Labute approximate surface area is 110 Å². The van der Waals surface area contributed by atoms with Gasteiger partial charge in [-0.15, -0.1) is 11.3 Å². The Balaban J connectivity index is 2.35. The molecule has 0 saturated carbocycles. The van der Waals surface area contributed by atoms with Crippen LogP contribution >= 0.6 is 11.3 Å². The molecule has 2 rings (SSSR count). The molecule has 0 aliphatic heterocycles. The highest BCUT2D eigenvalue weighted by Gasteiger charge is 2.12. The molecule has 0 radical (unpaired) electrons. The van der Waals surface area contributed by atoms with Gasteiger partial charge in [0.25, 0.3) is 0 Å². The molecule has 94 valence electrons. The van der Waals surface area contributed by atoms with Crippen LogP contribution in [0.25, 0.3) is 10.4 Å². The van der Waals surface area contributed by atoms with Gasteiger partial charge in [-0.25, -0.2) is 4.98 Å². The van der Waals surface area contributed by atoms with Crippen LogP contribution in [-0.2, 0) is 11.2 Å². The van der Waals surface area contributed by atoms with Gasteiger partial charge in [-0.05, 0) is 19.4 Å². The van der Waals surface area contributed by atoms with Crippen LogP contribution in [0.15, 0.2) is 24.3 Å². The smallest absolute Gasteiger partial charge is 0.303 e. The standard InChI is InChI=1S/C14H15NO2S/c1-9-4-3-5-11(8-9)14-12(6-7-13(16)17)15-10(2)18-14/h3-5,8H,6-7H2,1-2H3,(H,16,17). The zero-order valence-corrected chi connectivity index (χ0v) is 11.3. The largest absolute Gasteiger partial charge is 0.481 e. The summed E-state index contributed by atoms with van der Waals surface area (Å²) >= 11 is 1.62.